The summed E-state index contributed by atoms with van der Waals surface area (Å²) in [6.45, 7) is 2.99. The van der Waals surface area contributed by atoms with Crippen LogP contribution < -0.4 is 21.7 Å². The molecule has 2 rings (SSSR count). The number of hydrogen-bond acceptors (Lipinski definition) is 8. The van der Waals surface area contributed by atoms with Crippen molar-refractivity contribution in [3.63, 3.8) is 0 Å². The van der Waals surface area contributed by atoms with Crippen LogP contribution in [0.4, 0.5) is 0 Å². The monoisotopic (exact) mass is 492 g/mol. The number of hydrogen-bond donors (Lipinski definition) is 8. The van der Waals surface area contributed by atoms with Gasteiger partial charge >= 0.3 is 5.97 Å². The standard InChI is InChI=1S/C21H32N8O6/c1-11(2)3-14(22)18(31)27-15(4-12-6-23-9-25-12)19(32)28-16(5-13-7-24-10-26-13)20(33)29-17(8-30)21(34)35/h6-7,9-11,14-17,30H,3-5,8,22H2,1-2H3,(H,23,25)(H,24,26)(H,27,31)(H,28,32)(H,29,33)(H,34,35). The van der Waals surface area contributed by atoms with Gasteiger partial charge in [-0.25, -0.2) is 14.8 Å². The number of carbonyl (C=O) groups excluding carboxylic acids is 3. The lowest BCUT2D eigenvalue weighted by Gasteiger charge is -2.25. The van der Waals surface area contributed by atoms with E-state index in [1.54, 1.807) is 0 Å². The second kappa shape index (κ2) is 13.2. The molecule has 0 aliphatic rings. The van der Waals surface area contributed by atoms with Gasteiger partial charge in [0.05, 0.1) is 25.3 Å². The molecule has 14 nitrogen and oxygen atoms in total. The highest BCUT2D eigenvalue weighted by atomic mass is 16.4. The fourth-order valence-electron chi connectivity index (χ4n) is 3.27. The Morgan fingerprint density at radius 1 is 0.886 bits per heavy atom. The van der Waals surface area contributed by atoms with E-state index in [9.17, 15) is 24.3 Å². The first kappa shape index (κ1) is 27.5. The topological polar surface area (TPSA) is 228 Å². The van der Waals surface area contributed by atoms with Gasteiger partial charge < -0.3 is 41.9 Å². The van der Waals surface area contributed by atoms with Crippen LogP contribution in [0.15, 0.2) is 25.0 Å². The van der Waals surface area contributed by atoms with E-state index in [-0.39, 0.29) is 18.8 Å². The van der Waals surface area contributed by atoms with E-state index in [0.29, 0.717) is 17.8 Å². The number of carbonyl (C=O) groups is 4. The van der Waals surface area contributed by atoms with Crippen LogP contribution >= 0.6 is 0 Å². The molecule has 2 aromatic heterocycles. The summed E-state index contributed by atoms with van der Waals surface area (Å²) in [5.41, 5.74) is 7.01. The molecular formula is C21H32N8O6. The average Bonchev–Trinajstić information content (AvgIpc) is 3.49. The van der Waals surface area contributed by atoms with Crippen LogP contribution in [0.1, 0.15) is 31.7 Å². The number of nitrogens with zero attached hydrogens (tertiary/aromatic N) is 2. The number of aromatic nitrogens is 4. The molecule has 0 bridgehead atoms. The molecule has 0 saturated heterocycles. The van der Waals surface area contributed by atoms with Crippen LogP contribution in [0.5, 0.6) is 0 Å². The number of H-pyrrole nitrogens is 2. The van der Waals surface area contributed by atoms with Crippen molar-refractivity contribution in [1.29, 1.82) is 0 Å². The van der Waals surface area contributed by atoms with Crippen molar-refractivity contribution in [2.45, 2.75) is 57.3 Å². The van der Waals surface area contributed by atoms with Gasteiger partial charge in [0.2, 0.25) is 17.7 Å². The highest BCUT2D eigenvalue weighted by Crippen LogP contribution is 2.06. The maximum atomic E-state index is 13.2. The number of carboxylic acids is 1. The maximum absolute atomic E-state index is 13.2. The van der Waals surface area contributed by atoms with Crippen molar-refractivity contribution in [2.75, 3.05) is 6.61 Å². The molecule has 2 heterocycles. The molecular weight excluding hydrogens is 460 g/mol. The number of aromatic amines is 2. The number of aliphatic carboxylic acids is 1. The number of rotatable bonds is 14. The van der Waals surface area contributed by atoms with E-state index in [0.717, 1.165) is 0 Å². The van der Waals surface area contributed by atoms with E-state index in [4.69, 9.17) is 10.8 Å². The molecule has 0 aliphatic carbocycles. The minimum atomic E-state index is -1.56. The van der Waals surface area contributed by atoms with Crippen LogP contribution in [-0.2, 0) is 32.0 Å². The number of amides is 3. The Bertz CT molecular complexity index is 963. The molecule has 0 saturated carbocycles. The van der Waals surface area contributed by atoms with Gasteiger partial charge in [0.15, 0.2) is 0 Å². The van der Waals surface area contributed by atoms with Crippen LogP contribution in [0.3, 0.4) is 0 Å². The van der Waals surface area contributed by atoms with Crippen molar-refractivity contribution in [3.8, 4) is 0 Å². The zero-order chi connectivity index (χ0) is 26.0. The molecule has 3 amide bonds. The summed E-state index contributed by atoms with van der Waals surface area (Å²) in [7, 11) is 0. The van der Waals surface area contributed by atoms with E-state index in [1.807, 2.05) is 13.8 Å². The predicted octanol–water partition coefficient (Wildman–Crippen LogP) is -2.18. The van der Waals surface area contributed by atoms with Gasteiger partial charge in [-0.3, -0.25) is 14.4 Å². The van der Waals surface area contributed by atoms with E-state index >= 15 is 0 Å². The Hall–Kier alpha value is -3.78. The number of nitrogens with two attached hydrogens (primary N) is 1. The summed E-state index contributed by atoms with van der Waals surface area (Å²) < 4.78 is 0. The van der Waals surface area contributed by atoms with E-state index in [1.165, 1.54) is 25.0 Å². The van der Waals surface area contributed by atoms with Gasteiger partial charge in [-0.1, -0.05) is 13.8 Å². The Labute approximate surface area is 201 Å². The highest BCUT2D eigenvalue weighted by Gasteiger charge is 2.31. The molecule has 0 fully saturated rings. The van der Waals surface area contributed by atoms with Crippen molar-refractivity contribution in [2.24, 2.45) is 11.7 Å². The Kier molecular flexibility index (Phi) is 10.4. The minimum absolute atomic E-state index is 0.0404. The van der Waals surface area contributed by atoms with E-state index in [2.05, 4.69) is 35.9 Å². The number of carboxylic acid groups (broad SMARTS) is 1. The third kappa shape index (κ3) is 8.83. The average molecular weight is 493 g/mol. The first-order valence-electron chi connectivity index (χ1n) is 11.1. The summed E-state index contributed by atoms with van der Waals surface area (Å²) >= 11 is 0. The highest BCUT2D eigenvalue weighted by molar-refractivity contribution is 5.94. The molecule has 4 unspecified atom stereocenters. The molecule has 192 valence electrons. The minimum Gasteiger partial charge on any atom is -0.480 e. The van der Waals surface area contributed by atoms with Gasteiger partial charge in [0.1, 0.15) is 18.1 Å². The van der Waals surface area contributed by atoms with Gasteiger partial charge in [0.25, 0.3) is 0 Å². The summed E-state index contributed by atoms with van der Waals surface area (Å²) in [4.78, 5) is 63.3. The van der Waals surface area contributed by atoms with Gasteiger partial charge in [-0.15, -0.1) is 0 Å². The lowest BCUT2D eigenvalue weighted by molar-refractivity contribution is -0.143. The van der Waals surface area contributed by atoms with Crippen molar-refractivity contribution in [1.82, 2.24) is 35.9 Å². The molecule has 35 heavy (non-hydrogen) atoms. The zero-order valence-corrected chi connectivity index (χ0v) is 19.5. The molecule has 0 spiro atoms. The fourth-order valence-corrected chi connectivity index (χ4v) is 3.27. The summed E-state index contributed by atoms with van der Waals surface area (Å²) in [6, 6.07) is -4.73. The number of imidazole rings is 2. The van der Waals surface area contributed by atoms with Crippen molar-refractivity contribution >= 4 is 23.7 Å². The second-order valence-electron chi connectivity index (χ2n) is 8.50. The Morgan fingerprint density at radius 3 is 1.71 bits per heavy atom. The summed E-state index contributed by atoms with van der Waals surface area (Å²) in [5.74, 6) is -3.33. The summed E-state index contributed by atoms with van der Waals surface area (Å²) in [6.07, 6.45) is 6.15. The predicted molar refractivity (Wildman–Crippen MR) is 123 cm³/mol. The van der Waals surface area contributed by atoms with Crippen LogP contribution in [-0.4, -0.2) is 84.6 Å². The first-order chi connectivity index (χ1) is 16.6. The quantitative estimate of drug-likeness (QED) is 0.143. The molecule has 14 heteroatoms. The number of aliphatic hydroxyl groups excluding tert-OH is 1. The smallest absolute Gasteiger partial charge is 0.328 e. The fraction of sp³-hybridized carbons (Fsp3) is 0.524. The molecule has 0 aliphatic heterocycles. The molecule has 0 radical (unpaired) electrons. The number of nitrogens with one attached hydrogen (secondary N) is 5. The Balaban J connectivity index is 2.21. The largest absolute Gasteiger partial charge is 0.480 e. The second-order valence-corrected chi connectivity index (χ2v) is 8.50. The third-order valence-electron chi connectivity index (χ3n) is 5.08. The molecule has 0 aromatic carbocycles. The SMILES string of the molecule is CC(C)CC(N)C(=O)NC(Cc1cnc[nH]1)C(=O)NC(Cc1cnc[nH]1)C(=O)NC(CO)C(=O)O. The normalized spacial score (nSPS) is 14.5. The van der Waals surface area contributed by atoms with Crippen LogP contribution in [0.2, 0.25) is 0 Å². The van der Waals surface area contributed by atoms with Crippen LogP contribution in [0.25, 0.3) is 0 Å². The Morgan fingerprint density at radius 2 is 1.34 bits per heavy atom. The zero-order valence-electron chi connectivity index (χ0n) is 19.5. The lowest BCUT2D eigenvalue weighted by Crippen LogP contribution is -2.58. The molecule has 2 aromatic rings. The number of aliphatic hydroxyl groups is 1. The van der Waals surface area contributed by atoms with Crippen LogP contribution in [0, 0.1) is 5.92 Å². The lowest BCUT2D eigenvalue weighted by atomic mass is 10.0. The van der Waals surface area contributed by atoms with Gasteiger partial charge in [-0.05, 0) is 12.3 Å². The van der Waals surface area contributed by atoms with Crippen molar-refractivity contribution in [3.05, 3.63) is 36.4 Å². The van der Waals surface area contributed by atoms with Crippen molar-refractivity contribution < 1.29 is 29.4 Å². The van der Waals surface area contributed by atoms with Gasteiger partial charge in [0, 0.05) is 36.6 Å². The molecule has 4 atom stereocenters. The van der Waals surface area contributed by atoms with E-state index < -0.39 is 54.5 Å². The first-order valence-corrected chi connectivity index (χ1v) is 11.1. The molecule has 9 N–H and O–H groups in total. The van der Waals surface area contributed by atoms with Gasteiger partial charge in [-0.2, -0.15) is 0 Å². The third-order valence-corrected chi connectivity index (χ3v) is 5.08. The summed E-state index contributed by atoms with van der Waals surface area (Å²) in [5, 5.41) is 25.8. The maximum Gasteiger partial charge on any atom is 0.328 e.